The molecule has 1 saturated heterocycles. The van der Waals surface area contributed by atoms with Crippen molar-refractivity contribution in [3.8, 4) is 0 Å². The molecular weight excluding hydrogens is 268 g/mol. The number of halogens is 1. The Labute approximate surface area is 115 Å². The number of nitrogens with zero attached hydrogens (tertiary/aromatic N) is 1. The van der Waals surface area contributed by atoms with Gasteiger partial charge in [-0.05, 0) is 31.4 Å². The smallest absolute Gasteiger partial charge is 0.183 e. The van der Waals surface area contributed by atoms with Gasteiger partial charge in [-0.2, -0.15) is 0 Å². The zero-order valence-electron chi connectivity index (χ0n) is 10.2. The fourth-order valence-electron chi connectivity index (χ4n) is 2.18. The lowest BCUT2D eigenvalue weighted by Gasteiger charge is -2.08. The molecule has 1 aromatic heterocycles. The Morgan fingerprint density at radius 1 is 1.56 bits per heavy atom. The quantitative estimate of drug-likeness (QED) is 0.928. The molecule has 1 atom stereocenters. The third kappa shape index (κ3) is 2.32. The van der Waals surface area contributed by atoms with E-state index in [-0.39, 0.29) is 0 Å². The van der Waals surface area contributed by atoms with Crippen LogP contribution in [0.5, 0.6) is 0 Å². The Balaban J connectivity index is 1.80. The summed E-state index contributed by atoms with van der Waals surface area (Å²) in [7, 11) is 0. The molecule has 96 valence electrons. The predicted octanol–water partition coefficient (Wildman–Crippen LogP) is 3.85. The topological polar surface area (TPSA) is 34.1 Å². The number of benzene rings is 1. The zero-order valence-corrected chi connectivity index (χ0v) is 11.8. The SMILES string of the molecule is Cc1ccc(Cl)c2sc(NC[C@@H]3CCCO3)nc12. The molecule has 18 heavy (non-hydrogen) atoms. The first-order valence-corrected chi connectivity index (χ1v) is 7.34. The van der Waals surface area contributed by atoms with Crippen LogP contribution in [0.15, 0.2) is 12.1 Å². The van der Waals surface area contributed by atoms with Gasteiger partial charge in [0.1, 0.15) is 0 Å². The van der Waals surface area contributed by atoms with E-state index >= 15 is 0 Å². The highest BCUT2D eigenvalue weighted by atomic mass is 35.5. The first-order chi connectivity index (χ1) is 8.74. The highest BCUT2D eigenvalue weighted by Gasteiger charge is 2.16. The molecule has 0 amide bonds. The van der Waals surface area contributed by atoms with Gasteiger partial charge in [0.15, 0.2) is 5.13 Å². The van der Waals surface area contributed by atoms with Crippen LogP contribution in [0.2, 0.25) is 5.02 Å². The third-order valence-electron chi connectivity index (χ3n) is 3.20. The van der Waals surface area contributed by atoms with Crippen LogP contribution in [0.1, 0.15) is 18.4 Å². The number of rotatable bonds is 3. The van der Waals surface area contributed by atoms with Gasteiger partial charge in [-0.1, -0.05) is 29.0 Å². The van der Waals surface area contributed by atoms with Crippen LogP contribution in [-0.2, 0) is 4.74 Å². The summed E-state index contributed by atoms with van der Waals surface area (Å²) >= 11 is 7.80. The van der Waals surface area contributed by atoms with E-state index in [0.29, 0.717) is 6.10 Å². The molecule has 3 rings (SSSR count). The highest BCUT2D eigenvalue weighted by Crippen LogP contribution is 2.33. The van der Waals surface area contributed by atoms with Crippen molar-refractivity contribution in [3.63, 3.8) is 0 Å². The highest BCUT2D eigenvalue weighted by molar-refractivity contribution is 7.22. The van der Waals surface area contributed by atoms with Gasteiger partial charge in [-0.3, -0.25) is 0 Å². The van der Waals surface area contributed by atoms with E-state index in [1.54, 1.807) is 11.3 Å². The molecule has 2 aromatic rings. The molecule has 3 nitrogen and oxygen atoms in total. The van der Waals surface area contributed by atoms with Crippen molar-refractivity contribution in [2.24, 2.45) is 0 Å². The van der Waals surface area contributed by atoms with Crippen LogP contribution >= 0.6 is 22.9 Å². The third-order valence-corrected chi connectivity index (χ3v) is 4.68. The average Bonchev–Trinajstić information content (AvgIpc) is 3.00. The van der Waals surface area contributed by atoms with Gasteiger partial charge in [0.2, 0.25) is 0 Å². The minimum Gasteiger partial charge on any atom is -0.376 e. The molecule has 0 aliphatic carbocycles. The molecule has 1 aliphatic heterocycles. The van der Waals surface area contributed by atoms with E-state index < -0.39 is 0 Å². The second-order valence-corrected chi connectivity index (χ2v) is 5.98. The molecule has 5 heteroatoms. The van der Waals surface area contributed by atoms with Crippen molar-refractivity contribution in [2.45, 2.75) is 25.9 Å². The van der Waals surface area contributed by atoms with Crippen molar-refractivity contribution in [2.75, 3.05) is 18.5 Å². The summed E-state index contributed by atoms with van der Waals surface area (Å²) in [4.78, 5) is 4.60. The van der Waals surface area contributed by atoms with Crippen LogP contribution < -0.4 is 5.32 Å². The predicted molar refractivity (Wildman–Crippen MR) is 76.8 cm³/mol. The Morgan fingerprint density at radius 3 is 3.17 bits per heavy atom. The van der Waals surface area contributed by atoms with Gasteiger partial charge < -0.3 is 10.1 Å². The fourth-order valence-corrected chi connectivity index (χ4v) is 3.41. The maximum Gasteiger partial charge on any atom is 0.183 e. The number of ether oxygens (including phenoxy) is 1. The lowest BCUT2D eigenvalue weighted by Crippen LogP contribution is -2.18. The lowest BCUT2D eigenvalue weighted by atomic mass is 10.2. The van der Waals surface area contributed by atoms with Crippen molar-refractivity contribution in [3.05, 3.63) is 22.7 Å². The molecule has 0 bridgehead atoms. The van der Waals surface area contributed by atoms with E-state index in [2.05, 4.69) is 17.2 Å². The molecule has 1 aliphatic rings. The Bertz CT molecular complexity index is 524. The summed E-state index contributed by atoms with van der Waals surface area (Å²) in [6, 6.07) is 3.94. The summed E-state index contributed by atoms with van der Waals surface area (Å²) in [6.07, 6.45) is 2.63. The summed E-state index contributed by atoms with van der Waals surface area (Å²) < 4.78 is 6.65. The van der Waals surface area contributed by atoms with Crippen LogP contribution in [0, 0.1) is 6.92 Å². The molecule has 1 N–H and O–H groups in total. The Morgan fingerprint density at radius 2 is 2.44 bits per heavy atom. The van der Waals surface area contributed by atoms with Crippen LogP contribution in [0.3, 0.4) is 0 Å². The second kappa shape index (κ2) is 5.03. The molecule has 0 unspecified atom stereocenters. The van der Waals surface area contributed by atoms with Crippen LogP contribution in [0.25, 0.3) is 10.2 Å². The van der Waals surface area contributed by atoms with E-state index in [9.17, 15) is 0 Å². The monoisotopic (exact) mass is 282 g/mol. The average molecular weight is 283 g/mol. The fraction of sp³-hybridized carbons (Fsp3) is 0.462. The number of thiazole rings is 1. The molecular formula is C13H15ClN2OS. The van der Waals surface area contributed by atoms with Crippen molar-refractivity contribution in [1.82, 2.24) is 4.98 Å². The van der Waals surface area contributed by atoms with Crippen molar-refractivity contribution < 1.29 is 4.74 Å². The number of aryl methyl sites for hydroxylation is 1. The maximum atomic E-state index is 6.19. The maximum absolute atomic E-state index is 6.19. The number of hydrogen-bond acceptors (Lipinski definition) is 4. The summed E-state index contributed by atoms with van der Waals surface area (Å²) in [5, 5.41) is 5.06. The van der Waals surface area contributed by atoms with Gasteiger partial charge in [0.05, 0.1) is 21.3 Å². The summed E-state index contributed by atoms with van der Waals surface area (Å²) in [6.45, 7) is 3.77. The van der Waals surface area contributed by atoms with Crippen molar-refractivity contribution in [1.29, 1.82) is 0 Å². The van der Waals surface area contributed by atoms with E-state index in [1.807, 2.05) is 12.1 Å². The Hall–Kier alpha value is -0.840. The lowest BCUT2D eigenvalue weighted by molar-refractivity contribution is 0.120. The molecule has 2 heterocycles. The minimum absolute atomic E-state index is 0.327. The molecule has 0 saturated carbocycles. The second-order valence-electron chi connectivity index (χ2n) is 4.58. The van der Waals surface area contributed by atoms with Gasteiger partial charge in [-0.25, -0.2) is 4.98 Å². The van der Waals surface area contributed by atoms with E-state index in [1.165, 1.54) is 0 Å². The van der Waals surface area contributed by atoms with Crippen LogP contribution in [-0.4, -0.2) is 24.2 Å². The number of aromatic nitrogens is 1. The summed E-state index contributed by atoms with van der Waals surface area (Å²) in [5.41, 5.74) is 2.16. The Kier molecular flexibility index (Phi) is 3.41. The van der Waals surface area contributed by atoms with Gasteiger partial charge >= 0.3 is 0 Å². The first kappa shape index (κ1) is 12.2. The molecule has 0 spiro atoms. The summed E-state index contributed by atoms with van der Waals surface area (Å²) in [5.74, 6) is 0. The van der Waals surface area contributed by atoms with Gasteiger partial charge in [0, 0.05) is 13.2 Å². The van der Waals surface area contributed by atoms with Gasteiger partial charge in [-0.15, -0.1) is 0 Å². The number of anilines is 1. The number of hydrogen-bond donors (Lipinski definition) is 1. The normalized spacial score (nSPS) is 19.6. The van der Waals surface area contributed by atoms with Gasteiger partial charge in [0.25, 0.3) is 0 Å². The standard InChI is InChI=1S/C13H15ClN2OS/c1-8-4-5-10(14)12-11(8)16-13(18-12)15-7-9-3-2-6-17-9/h4-5,9H,2-3,6-7H2,1H3,(H,15,16)/t9-/m0/s1. The zero-order chi connectivity index (χ0) is 12.5. The minimum atomic E-state index is 0.327. The van der Waals surface area contributed by atoms with Crippen LogP contribution in [0.4, 0.5) is 5.13 Å². The molecule has 1 aromatic carbocycles. The molecule has 1 fully saturated rings. The largest absolute Gasteiger partial charge is 0.376 e. The molecule has 0 radical (unpaired) electrons. The van der Waals surface area contributed by atoms with E-state index in [4.69, 9.17) is 16.3 Å². The van der Waals surface area contributed by atoms with Crippen molar-refractivity contribution >= 4 is 38.3 Å². The van der Waals surface area contributed by atoms with E-state index in [0.717, 1.165) is 51.9 Å². The number of fused-ring (bicyclic) bond motifs is 1. The number of nitrogens with one attached hydrogen (secondary N) is 1. The first-order valence-electron chi connectivity index (χ1n) is 6.15.